The average molecular weight is 311 g/mol. The molecule has 0 spiro atoms. The molecule has 0 saturated carbocycles. The Bertz CT molecular complexity index is 525. The van der Waals surface area contributed by atoms with Crippen LogP contribution in [0.5, 0.6) is 0 Å². The molecule has 1 aliphatic rings. The third-order valence-electron chi connectivity index (χ3n) is 3.43. The molecule has 5 heteroatoms. The van der Waals surface area contributed by atoms with Gasteiger partial charge in [-0.3, -0.25) is 0 Å². The monoisotopic (exact) mass is 310 g/mol. The number of hydrogen-bond acceptors (Lipinski definition) is 3. The molecule has 1 heterocycles. The van der Waals surface area contributed by atoms with E-state index in [1.54, 1.807) is 0 Å². The predicted octanol–water partition coefficient (Wildman–Crippen LogP) is 3.75. The Labute approximate surface area is 131 Å². The molecule has 1 amide bonds. The highest BCUT2D eigenvalue weighted by atomic mass is 35.5. The molecule has 21 heavy (non-hydrogen) atoms. The molecule has 1 aliphatic heterocycles. The molecule has 1 aromatic carbocycles. The third kappa shape index (κ3) is 4.53. The van der Waals surface area contributed by atoms with Crippen molar-refractivity contribution in [3.8, 4) is 0 Å². The molecule has 4 nitrogen and oxygen atoms in total. The number of carbonyl (C=O) groups is 1. The number of halogens is 1. The van der Waals surface area contributed by atoms with Gasteiger partial charge in [-0.2, -0.15) is 0 Å². The average Bonchev–Trinajstić information content (AvgIpc) is 2.78. The second-order valence-corrected chi connectivity index (χ2v) is 6.92. The minimum absolute atomic E-state index is 0.111. The van der Waals surface area contributed by atoms with Gasteiger partial charge >= 0.3 is 6.09 Å². The van der Waals surface area contributed by atoms with Crippen LogP contribution in [0.3, 0.4) is 0 Å². The van der Waals surface area contributed by atoms with Gasteiger partial charge in [0, 0.05) is 23.8 Å². The van der Waals surface area contributed by atoms with E-state index < -0.39 is 5.60 Å². The molecule has 0 bridgehead atoms. The van der Waals surface area contributed by atoms with Crippen LogP contribution >= 0.6 is 11.6 Å². The van der Waals surface area contributed by atoms with Gasteiger partial charge in [0.15, 0.2) is 0 Å². The molecule has 2 rings (SSSR count). The molecule has 1 unspecified atom stereocenters. The van der Waals surface area contributed by atoms with Crippen LogP contribution in [0.1, 0.15) is 32.8 Å². The number of nitrogens with one attached hydrogen (secondary N) is 1. The van der Waals surface area contributed by atoms with Crippen molar-refractivity contribution in [3.63, 3.8) is 0 Å². The molecule has 0 radical (unpaired) electrons. The molecule has 0 aromatic heterocycles. The van der Waals surface area contributed by atoms with Gasteiger partial charge in [-0.15, -0.1) is 0 Å². The van der Waals surface area contributed by atoms with Gasteiger partial charge < -0.3 is 15.0 Å². The highest BCUT2D eigenvalue weighted by molar-refractivity contribution is 6.31. The van der Waals surface area contributed by atoms with Crippen LogP contribution in [0.4, 0.5) is 10.5 Å². The zero-order valence-electron chi connectivity index (χ0n) is 13.1. The van der Waals surface area contributed by atoms with Gasteiger partial charge in [-0.25, -0.2) is 4.79 Å². The van der Waals surface area contributed by atoms with Crippen molar-refractivity contribution in [1.29, 1.82) is 0 Å². The zero-order valence-corrected chi connectivity index (χ0v) is 13.8. The van der Waals surface area contributed by atoms with E-state index in [-0.39, 0.29) is 12.1 Å². The van der Waals surface area contributed by atoms with Gasteiger partial charge in [-0.05, 0) is 51.8 Å². The first-order chi connectivity index (χ1) is 9.74. The predicted molar refractivity (Wildman–Crippen MR) is 86.2 cm³/mol. The van der Waals surface area contributed by atoms with E-state index in [0.717, 1.165) is 35.8 Å². The Balaban J connectivity index is 1.91. The van der Waals surface area contributed by atoms with Crippen molar-refractivity contribution >= 4 is 23.4 Å². The van der Waals surface area contributed by atoms with E-state index in [1.807, 2.05) is 39.8 Å². The van der Waals surface area contributed by atoms with Crippen LogP contribution in [0.15, 0.2) is 18.2 Å². The molecule has 0 aliphatic carbocycles. The summed E-state index contributed by atoms with van der Waals surface area (Å²) in [4.78, 5) is 14.0. The second kappa shape index (κ2) is 6.14. The number of anilines is 1. The number of amides is 1. The minimum atomic E-state index is -0.465. The lowest BCUT2D eigenvalue weighted by atomic mass is 10.2. The maximum Gasteiger partial charge on any atom is 0.407 e. The third-order valence-corrected chi connectivity index (χ3v) is 3.84. The Kier molecular flexibility index (Phi) is 4.67. The highest BCUT2D eigenvalue weighted by Crippen LogP contribution is 2.26. The van der Waals surface area contributed by atoms with Crippen LogP contribution in [0.2, 0.25) is 5.02 Å². The largest absolute Gasteiger partial charge is 0.444 e. The number of alkyl carbamates (subject to hydrolysis) is 1. The van der Waals surface area contributed by atoms with Crippen molar-refractivity contribution in [3.05, 3.63) is 28.8 Å². The van der Waals surface area contributed by atoms with Crippen LogP contribution < -0.4 is 10.2 Å². The summed E-state index contributed by atoms with van der Waals surface area (Å²) in [7, 11) is 0. The number of benzene rings is 1. The van der Waals surface area contributed by atoms with Crippen molar-refractivity contribution in [1.82, 2.24) is 5.32 Å². The van der Waals surface area contributed by atoms with E-state index in [9.17, 15) is 4.79 Å². The molecule has 1 N–H and O–H groups in total. The maximum atomic E-state index is 11.8. The fourth-order valence-corrected chi connectivity index (χ4v) is 2.54. The zero-order chi connectivity index (χ0) is 15.6. The molecule has 1 saturated heterocycles. The number of rotatable bonds is 2. The molecule has 1 atom stereocenters. The number of ether oxygens (including phenoxy) is 1. The smallest absolute Gasteiger partial charge is 0.407 e. The summed E-state index contributed by atoms with van der Waals surface area (Å²) >= 11 is 6.17. The Morgan fingerprint density at radius 3 is 2.76 bits per heavy atom. The lowest BCUT2D eigenvalue weighted by Crippen LogP contribution is -2.40. The van der Waals surface area contributed by atoms with Gasteiger partial charge in [0.05, 0.1) is 6.04 Å². The highest BCUT2D eigenvalue weighted by Gasteiger charge is 2.26. The SMILES string of the molecule is Cc1ccc(N2CCC(NC(=O)OC(C)(C)C)C2)cc1Cl. The number of aryl methyl sites for hydroxylation is 1. The quantitative estimate of drug-likeness (QED) is 0.904. The van der Waals surface area contributed by atoms with E-state index in [2.05, 4.69) is 16.3 Å². The van der Waals surface area contributed by atoms with Crippen molar-refractivity contribution < 1.29 is 9.53 Å². The molecular weight excluding hydrogens is 288 g/mol. The van der Waals surface area contributed by atoms with Crippen LogP contribution in [-0.4, -0.2) is 30.8 Å². The second-order valence-electron chi connectivity index (χ2n) is 6.51. The summed E-state index contributed by atoms with van der Waals surface area (Å²) in [6, 6.07) is 6.18. The Morgan fingerprint density at radius 1 is 1.43 bits per heavy atom. The fraction of sp³-hybridized carbons (Fsp3) is 0.562. The van der Waals surface area contributed by atoms with Gasteiger partial charge in [0.2, 0.25) is 0 Å². The van der Waals surface area contributed by atoms with E-state index in [1.165, 1.54) is 0 Å². The summed E-state index contributed by atoms with van der Waals surface area (Å²) in [5, 5.41) is 3.70. The van der Waals surface area contributed by atoms with Crippen LogP contribution in [-0.2, 0) is 4.74 Å². The normalized spacial score (nSPS) is 18.7. The van der Waals surface area contributed by atoms with Crippen molar-refractivity contribution in [2.24, 2.45) is 0 Å². The first-order valence-corrected chi connectivity index (χ1v) is 7.63. The first-order valence-electron chi connectivity index (χ1n) is 7.25. The summed E-state index contributed by atoms with van der Waals surface area (Å²) in [6.45, 7) is 9.26. The maximum absolute atomic E-state index is 11.8. The van der Waals surface area contributed by atoms with E-state index in [4.69, 9.17) is 16.3 Å². The topological polar surface area (TPSA) is 41.6 Å². The lowest BCUT2D eigenvalue weighted by molar-refractivity contribution is 0.0509. The standard InChI is InChI=1S/C16H23ClN2O2/c1-11-5-6-13(9-14(11)17)19-8-7-12(10-19)18-15(20)21-16(2,3)4/h5-6,9,12H,7-8,10H2,1-4H3,(H,18,20). The van der Waals surface area contributed by atoms with E-state index in [0.29, 0.717) is 0 Å². The Hall–Kier alpha value is -1.42. The number of carbonyl (C=O) groups excluding carboxylic acids is 1. The fourth-order valence-electron chi connectivity index (χ4n) is 2.37. The van der Waals surface area contributed by atoms with Crippen molar-refractivity contribution in [2.75, 3.05) is 18.0 Å². The van der Waals surface area contributed by atoms with Gasteiger partial charge in [0.1, 0.15) is 5.60 Å². The first kappa shape index (κ1) is 16.0. The van der Waals surface area contributed by atoms with Crippen molar-refractivity contribution in [2.45, 2.75) is 45.8 Å². The summed E-state index contributed by atoms with van der Waals surface area (Å²) in [5.41, 5.74) is 1.70. The van der Waals surface area contributed by atoms with E-state index >= 15 is 0 Å². The number of hydrogen-bond donors (Lipinski definition) is 1. The van der Waals surface area contributed by atoms with Crippen LogP contribution in [0.25, 0.3) is 0 Å². The summed E-state index contributed by atoms with van der Waals surface area (Å²) in [5.74, 6) is 0. The molecule has 1 aromatic rings. The molecular formula is C16H23ClN2O2. The molecule has 1 fully saturated rings. The van der Waals surface area contributed by atoms with Gasteiger partial charge in [-0.1, -0.05) is 17.7 Å². The van der Waals surface area contributed by atoms with Gasteiger partial charge in [0.25, 0.3) is 0 Å². The summed E-state index contributed by atoms with van der Waals surface area (Å²) in [6.07, 6.45) is 0.557. The van der Waals surface area contributed by atoms with Crippen LogP contribution in [0, 0.1) is 6.92 Å². The molecule has 116 valence electrons. The summed E-state index contributed by atoms with van der Waals surface area (Å²) < 4.78 is 5.29. The Morgan fingerprint density at radius 2 is 2.14 bits per heavy atom. The number of nitrogens with zero attached hydrogens (tertiary/aromatic N) is 1. The minimum Gasteiger partial charge on any atom is -0.444 e. The lowest BCUT2D eigenvalue weighted by Gasteiger charge is -2.22.